The first-order valence-corrected chi connectivity index (χ1v) is 12.6. The van der Waals surface area contributed by atoms with Crippen LogP contribution in [0, 0.1) is 5.92 Å². The highest BCUT2D eigenvalue weighted by Crippen LogP contribution is 2.33. The molecule has 0 aromatic carbocycles. The minimum atomic E-state index is 0.0527. The van der Waals surface area contributed by atoms with Gasteiger partial charge in [-0.25, -0.2) is 4.98 Å². The van der Waals surface area contributed by atoms with Gasteiger partial charge < -0.3 is 14.7 Å². The number of likely N-dealkylation sites (tertiary alicyclic amines) is 2. The number of hydrogen-bond acceptors (Lipinski definition) is 5. The highest BCUT2D eigenvalue weighted by molar-refractivity contribution is 7.09. The van der Waals surface area contributed by atoms with Crippen LogP contribution < -0.4 is 0 Å². The number of nitrogens with zero attached hydrogens (tertiary/aromatic N) is 4. The van der Waals surface area contributed by atoms with E-state index in [2.05, 4.69) is 16.8 Å². The van der Waals surface area contributed by atoms with Crippen molar-refractivity contribution >= 4 is 23.2 Å². The van der Waals surface area contributed by atoms with E-state index in [9.17, 15) is 9.59 Å². The van der Waals surface area contributed by atoms with E-state index < -0.39 is 0 Å². The molecule has 3 fully saturated rings. The van der Waals surface area contributed by atoms with Crippen LogP contribution in [0.3, 0.4) is 0 Å². The molecule has 0 bridgehead atoms. The van der Waals surface area contributed by atoms with Crippen molar-refractivity contribution in [1.29, 1.82) is 0 Å². The van der Waals surface area contributed by atoms with Crippen LogP contribution in [0.25, 0.3) is 0 Å². The Kier molecular flexibility index (Phi) is 7.08. The zero-order valence-corrected chi connectivity index (χ0v) is 19.3. The third-order valence-corrected chi connectivity index (χ3v) is 8.41. The Morgan fingerprint density at radius 2 is 1.67 bits per heavy atom. The molecule has 0 radical (unpaired) electrons. The molecule has 0 N–H and O–H groups in total. The lowest BCUT2D eigenvalue weighted by molar-refractivity contribution is -0.137. The maximum absolute atomic E-state index is 12.9. The van der Waals surface area contributed by atoms with Crippen molar-refractivity contribution in [2.45, 2.75) is 69.7 Å². The van der Waals surface area contributed by atoms with Crippen LogP contribution in [-0.2, 0) is 4.79 Å². The summed E-state index contributed by atoms with van der Waals surface area (Å²) < 4.78 is 0. The number of carbonyl (C=O) groups excluding carboxylic acids is 2. The van der Waals surface area contributed by atoms with Crippen LogP contribution in [0.2, 0.25) is 0 Å². The predicted molar refractivity (Wildman–Crippen MR) is 120 cm³/mol. The van der Waals surface area contributed by atoms with Gasteiger partial charge in [0.25, 0.3) is 5.91 Å². The van der Waals surface area contributed by atoms with Gasteiger partial charge in [0.2, 0.25) is 5.91 Å². The summed E-state index contributed by atoms with van der Waals surface area (Å²) in [6, 6.07) is 0.313. The Labute approximate surface area is 184 Å². The number of rotatable bonds is 4. The normalized spacial score (nSPS) is 22.9. The van der Waals surface area contributed by atoms with Gasteiger partial charge in [0, 0.05) is 43.4 Å². The topological polar surface area (TPSA) is 56.8 Å². The van der Waals surface area contributed by atoms with Gasteiger partial charge >= 0.3 is 0 Å². The Morgan fingerprint density at radius 1 is 1.00 bits per heavy atom. The molecule has 2 saturated heterocycles. The number of thiazole rings is 1. The lowest BCUT2D eigenvalue weighted by Gasteiger charge is -2.35. The number of amides is 2. The van der Waals surface area contributed by atoms with Gasteiger partial charge in [0.05, 0.1) is 5.01 Å². The first-order chi connectivity index (χ1) is 14.5. The minimum Gasteiger partial charge on any atom is -0.342 e. The SMILES string of the molecule is CN1CCC(N(C)C(=O)c2csc(C3CCN(C(=O)C4CCCCC4)CC3)n2)CC1. The fraction of sp³-hybridized carbons (Fsp3) is 0.783. The molecule has 1 saturated carbocycles. The molecule has 0 unspecified atom stereocenters. The molecule has 2 amide bonds. The van der Waals surface area contributed by atoms with E-state index >= 15 is 0 Å². The van der Waals surface area contributed by atoms with Gasteiger partial charge in [0.15, 0.2) is 0 Å². The summed E-state index contributed by atoms with van der Waals surface area (Å²) in [5.74, 6) is 1.06. The fourth-order valence-corrected chi connectivity index (χ4v) is 6.22. The van der Waals surface area contributed by atoms with Crippen LogP contribution in [0.5, 0.6) is 0 Å². The molecule has 3 aliphatic rings. The molecular formula is C23H36N4O2S. The van der Waals surface area contributed by atoms with Crippen LogP contribution in [0.4, 0.5) is 0 Å². The summed E-state index contributed by atoms with van der Waals surface area (Å²) in [7, 11) is 4.06. The Balaban J connectivity index is 1.30. The first kappa shape index (κ1) is 21.8. The molecule has 0 spiro atoms. The molecule has 1 aromatic heterocycles. The number of piperidine rings is 2. The molecule has 7 heteroatoms. The van der Waals surface area contributed by atoms with E-state index in [-0.39, 0.29) is 11.8 Å². The van der Waals surface area contributed by atoms with Crippen LogP contribution in [0.1, 0.15) is 79.2 Å². The molecule has 30 heavy (non-hydrogen) atoms. The molecule has 2 aliphatic heterocycles. The van der Waals surface area contributed by atoms with Crippen LogP contribution >= 0.6 is 11.3 Å². The van der Waals surface area contributed by atoms with Gasteiger partial charge in [-0.05, 0) is 58.7 Å². The number of carbonyl (C=O) groups is 2. The average molecular weight is 433 g/mol. The van der Waals surface area contributed by atoms with Crippen molar-refractivity contribution in [2.24, 2.45) is 5.92 Å². The summed E-state index contributed by atoms with van der Waals surface area (Å²) in [4.78, 5) is 36.8. The largest absolute Gasteiger partial charge is 0.342 e. The second kappa shape index (κ2) is 9.77. The minimum absolute atomic E-state index is 0.0527. The third kappa shape index (κ3) is 4.88. The summed E-state index contributed by atoms with van der Waals surface area (Å²) in [5.41, 5.74) is 0.595. The van der Waals surface area contributed by atoms with Crippen molar-refractivity contribution in [2.75, 3.05) is 40.3 Å². The van der Waals surface area contributed by atoms with Gasteiger partial charge in [-0.15, -0.1) is 11.3 Å². The zero-order chi connectivity index (χ0) is 21.1. The number of hydrogen-bond donors (Lipinski definition) is 0. The van der Waals surface area contributed by atoms with Crippen molar-refractivity contribution in [1.82, 2.24) is 19.7 Å². The van der Waals surface area contributed by atoms with Crippen molar-refractivity contribution in [3.05, 3.63) is 16.1 Å². The standard InChI is InChI=1S/C23H36N4O2S/c1-25-12-10-19(11-13-25)26(2)23(29)20-16-30-21(24-20)17-8-14-27(15-9-17)22(28)18-6-4-3-5-7-18/h16-19H,3-15H2,1-2H3. The van der Waals surface area contributed by atoms with E-state index in [0.717, 1.165) is 69.7 Å². The van der Waals surface area contributed by atoms with Crippen molar-refractivity contribution in [3.63, 3.8) is 0 Å². The second-order valence-corrected chi connectivity index (χ2v) is 10.3. The number of aromatic nitrogens is 1. The molecule has 1 aliphatic carbocycles. The maximum Gasteiger partial charge on any atom is 0.273 e. The summed E-state index contributed by atoms with van der Waals surface area (Å²) in [5, 5.41) is 3.00. The Bertz CT molecular complexity index is 729. The van der Waals surface area contributed by atoms with Crippen LogP contribution in [0.15, 0.2) is 5.38 Å². The lowest BCUT2D eigenvalue weighted by Crippen LogP contribution is -2.44. The van der Waals surface area contributed by atoms with E-state index in [1.54, 1.807) is 11.3 Å². The van der Waals surface area contributed by atoms with E-state index in [1.165, 1.54) is 19.3 Å². The molecule has 0 atom stereocenters. The van der Waals surface area contributed by atoms with Crippen LogP contribution in [-0.4, -0.2) is 77.8 Å². The summed E-state index contributed by atoms with van der Waals surface area (Å²) >= 11 is 1.62. The van der Waals surface area contributed by atoms with E-state index in [1.807, 2.05) is 17.3 Å². The highest BCUT2D eigenvalue weighted by Gasteiger charge is 2.31. The quantitative estimate of drug-likeness (QED) is 0.730. The predicted octanol–water partition coefficient (Wildman–Crippen LogP) is 3.60. The zero-order valence-electron chi connectivity index (χ0n) is 18.5. The van der Waals surface area contributed by atoms with Crippen molar-refractivity contribution in [3.8, 4) is 0 Å². The Morgan fingerprint density at radius 3 is 2.33 bits per heavy atom. The summed E-state index contributed by atoms with van der Waals surface area (Å²) in [6.07, 6.45) is 9.82. The van der Waals surface area contributed by atoms with Gasteiger partial charge in [-0.3, -0.25) is 9.59 Å². The lowest BCUT2D eigenvalue weighted by atomic mass is 9.87. The smallest absolute Gasteiger partial charge is 0.273 e. The summed E-state index contributed by atoms with van der Waals surface area (Å²) in [6.45, 7) is 3.75. The fourth-order valence-electron chi connectivity index (χ4n) is 5.26. The average Bonchev–Trinajstić information content (AvgIpc) is 3.29. The molecule has 6 nitrogen and oxygen atoms in total. The monoisotopic (exact) mass is 432 g/mol. The van der Waals surface area contributed by atoms with E-state index in [0.29, 0.717) is 23.6 Å². The maximum atomic E-state index is 12.9. The molecule has 3 heterocycles. The molecule has 4 rings (SSSR count). The van der Waals surface area contributed by atoms with E-state index in [4.69, 9.17) is 4.98 Å². The highest BCUT2D eigenvalue weighted by atomic mass is 32.1. The molecule has 1 aromatic rings. The third-order valence-electron chi connectivity index (χ3n) is 7.41. The van der Waals surface area contributed by atoms with Gasteiger partial charge in [0.1, 0.15) is 5.69 Å². The Hall–Kier alpha value is -1.47. The van der Waals surface area contributed by atoms with Gasteiger partial charge in [-0.2, -0.15) is 0 Å². The van der Waals surface area contributed by atoms with Crippen molar-refractivity contribution < 1.29 is 9.59 Å². The first-order valence-electron chi connectivity index (χ1n) is 11.7. The molecule has 166 valence electrons. The van der Waals surface area contributed by atoms with Gasteiger partial charge in [-0.1, -0.05) is 19.3 Å². The molecular weight excluding hydrogens is 396 g/mol. The second-order valence-electron chi connectivity index (χ2n) is 9.46.